The Balaban J connectivity index is 2.66. The molecule has 5 nitrogen and oxygen atoms in total. The molecule has 0 radical (unpaired) electrons. The lowest BCUT2D eigenvalue weighted by atomic mass is 9.89. The molecule has 0 amide bonds. The molecule has 0 unspecified atom stereocenters. The molecule has 2 aromatic rings. The maximum Gasteiger partial charge on any atom is 0.182 e. The highest BCUT2D eigenvalue weighted by atomic mass is 79.9. The molecule has 0 fully saturated rings. The van der Waals surface area contributed by atoms with Crippen molar-refractivity contribution in [2.75, 3.05) is 5.73 Å². The third-order valence-electron chi connectivity index (χ3n) is 4.55. The van der Waals surface area contributed by atoms with E-state index in [2.05, 4.69) is 52.2 Å². The Morgan fingerprint density at radius 1 is 1.19 bits per heavy atom. The van der Waals surface area contributed by atoms with Gasteiger partial charge in [0.2, 0.25) is 0 Å². The van der Waals surface area contributed by atoms with Gasteiger partial charge in [-0.3, -0.25) is 0 Å². The topological polar surface area (TPSA) is 69.6 Å². The normalized spacial score (nSPS) is 11.9. The second kappa shape index (κ2) is 6.13. The first-order valence-corrected chi connectivity index (χ1v) is 8.13. The van der Waals surface area contributed by atoms with Crippen LogP contribution < -0.4 is 5.73 Å². The fraction of sp³-hybridized carbons (Fsp3) is 0.533. The quantitative estimate of drug-likeness (QED) is 0.828. The van der Waals surface area contributed by atoms with Gasteiger partial charge in [0.25, 0.3) is 0 Å². The van der Waals surface area contributed by atoms with E-state index in [0.29, 0.717) is 0 Å². The first kappa shape index (κ1) is 15.9. The molecule has 0 spiro atoms. The number of hydrogen-bond donors (Lipinski definition) is 1. The number of halogens is 1. The summed E-state index contributed by atoms with van der Waals surface area (Å²) in [5.41, 5.74) is 8.75. The van der Waals surface area contributed by atoms with Crippen molar-refractivity contribution in [3.05, 3.63) is 22.2 Å². The van der Waals surface area contributed by atoms with Crippen LogP contribution in [-0.2, 0) is 5.54 Å². The molecule has 114 valence electrons. The number of nitrogens with zero attached hydrogens (tertiary/aromatic N) is 4. The summed E-state index contributed by atoms with van der Waals surface area (Å²) in [5.74, 6) is 0.783. The SMILES string of the molecule is CCC(CC)(CC)n1nnnc1-c1cc(Br)cc(N)c1C. The van der Waals surface area contributed by atoms with Gasteiger partial charge in [-0.05, 0) is 54.3 Å². The third kappa shape index (κ3) is 2.69. The number of tetrazole rings is 1. The number of anilines is 1. The molecule has 0 atom stereocenters. The van der Waals surface area contributed by atoms with Crippen molar-refractivity contribution < 1.29 is 0 Å². The van der Waals surface area contributed by atoms with E-state index in [-0.39, 0.29) is 5.54 Å². The number of nitrogen functional groups attached to an aromatic ring is 1. The van der Waals surface area contributed by atoms with E-state index in [1.165, 1.54) is 0 Å². The van der Waals surface area contributed by atoms with Crippen LogP contribution in [0.2, 0.25) is 0 Å². The van der Waals surface area contributed by atoms with Crippen LogP contribution in [0.1, 0.15) is 45.6 Å². The van der Waals surface area contributed by atoms with Crippen LogP contribution in [-0.4, -0.2) is 20.2 Å². The lowest BCUT2D eigenvalue weighted by Crippen LogP contribution is -2.33. The molecule has 0 saturated carbocycles. The van der Waals surface area contributed by atoms with Gasteiger partial charge in [0, 0.05) is 15.7 Å². The van der Waals surface area contributed by atoms with E-state index >= 15 is 0 Å². The third-order valence-corrected chi connectivity index (χ3v) is 5.00. The molecule has 0 aliphatic rings. The van der Waals surface area contributed by atoms with Crippen LogP contribution in [0, 0.1) is 6.92 Å². The summed E-state index contributed by atoms with van der Waals surface area (Å²) < 4.78 is 2.91. The van der Waals surface area contributed by atoms with Gasteiger partial charge >= 0.3 is 0 Å². The molecule has 1 aromatic carbocycles. The summed E-state index contributed by atoms with van der Waals surface area (Å²) in [5, 5.41) is 12.5. The van der Waals surface area contributed by atoms with Gasteiger partial charge in [-0.1, -0.05) is 36.7 Å². The Morgan fingerprint density at radius 2 is 1.81 bits per heavy atom. The molecule has 0 bridgehead atoms. The molecular weight excluding hydrogens is 330 g/mol. The summed E-state index contributed by atoms with van der Waals surface area (Å²) in [7, 11) is 0. The fourth-order valence-electron chi connectivity index (χ4n) is 2.81. The van der Waals surface area contributed by atoms with Crippen molar-refractivity contribution in [1.29, 1.82) is 0 Å². The molecule has 21 heavy (non-hydrogen) atoms. The average Bonchev–Trinajstić information content (AvgIpc) is 2.95. The molecule has 0 aliphatic carbocycles. The zero-order chi connectivity index (χ0) is 15.6. The Kier molecular flexibility index (Phi) is 4.66. The van der Waals surface area contributed by atoms with Crippen molar-refractivity contribution in [3.63, 3.8) is 0 Å². The van der Waals surface area contributed by atoms with Crippen molar-refractivity contribution in [1.82, 2.24) is 20.2 Å². The Bertz CT molecular complexity index is 623. The van der Waals surface area contributed by atoms with E-state index in [9.17, 15) is 0 Å². The minimum absolute atomic E-state index is 0.0532. The zero-order valence-electron chi connectivity index (χ0n) is 13.0. The average molecular weight is 352 g/mol. The van der Waals surface area contributed by atoms with Gasteiger partial charge in [0.05, 0.1) is 5.54 Å². The molecule has 0 aliphatic heterocycles. The molecule has 1 aromatic heterocycles. The van der Waals surface area contributed by atoms with Crippen molar-refractivity contribution in [2.24, 2.45) is 0 Å². The summed E-state index contributed by atoms with van der Waals surface area (Å²) in [6, 6.07) is 3.93. The van der Waals surface area contributed by atoms with Gasteiger partial charge in [0.1, 0.15) is 0 Å². The first-order chi connectivity index (χ1) is 9.99. The van der Waals surface area contributed by atoms with Crippen LogP contribution in [0.15, 0.2) is 16.6 Å². The highest BCUT2D eigenvalue weighted by Crippen LogP contribution is 2.35. The molecule has 1 heterocycles. The highest BCUT2D eigenvalue weighted by Gasteiger charge is 2.31. The number of benzene rings is 1. The van der Waals surface area contributed by atoms with E-state index in [1.807, 2.05) is 23.7 Å². The van der Waals surface area contributed by atoms with E-state index in [0.717, 1.165) is 46.4 Å². The number of rotatable bonds is 5. The summed E-state index contributed by atoms with van der Waals surface area (Å²) in [4.78, 5) is 0. The smallest absolute Gasteiger partial charge is 0.182 e. The van der Waals surface area contributed by atoms with Gasteiger partial charge in [-0.25, -0.2) is 4.68 Å². The minimum atomic E-state index is -0.0532. The van der Waals surface area contributed by atoms with Crippen molar-refractivity contribution in [3.8, 4) is 11.4 Å². The number of hydrogen-bond acceptors (Lipinski definition) is 4. The van der Waals surface area contributed by atoms with Gasteiger partial charge in [0.15, 0.2) is 5.82 Å². The van der Waals surface area contributed by atoms with E-state index < -0.39 is 0 Å². The van der Waals surface area contributed by atoms with Crippen LogP contribution in [0.3, 0.4) is 0 Å². The second-order valence-corrected chi connectivity index (χ2v) is 6.28. The maximum absolute atomic E-state index is 6.08. The summed E-state index contributed by atoms with van der Waals surface area (Å²) in [6.45, 7) is 8.55. The Morgan fingerprint density at radius 3 is 2.38 bits per heavy atom. The van der Waals surface area contributed by atoms with E-state index in [4.69, 9.17) is 5.73 Å². The number of aromatic nitrogens is 4. The maximum atomic E-state index is 6.08. The lowest BCUT2D eigenvalue weighted by molar-refractivity contribution is 0.223. The van der Waals surface area contributed by atoms with Gasteiger partial charge in [-0.15, -0.1) is 5.10 Å². The predicted molar refractivity (Wildman–Crippen MR) is 88.9 cm³/mol. The van der Waals surface area contributed by atoms with Crippen LogP contribution in [0.5, 0.6) is 0 Å². The number of nitrogens with two attached hydrogens (primary N) is 1. The largest absolute Gasteiger partial charge is 0.398 e. The molecule has 6 heteroatoms. The molecule has 0 saturated heterocycles. The van der Waals surface area contributed by atoms with Crippen molar-refractivity contribution in [2.45, 2.75) is 52.5 Å². The molecule has 2 rings (SSSR count). The van der Waals surface area contributed by atoms with Crippen molar-refractivity contribution >= 4 is 21.6 Å². The Hall–Kier alpha value is -1.43. The van der Waals surface area contributed by atoms with Gasteiger partial charge in [-0.2, -0.15) is 0 Å². The van der Waals surface area contributed by atoms with Crippen LogP contribution >= 0.6 is 15.9 Å². The summed E-state index contributed by atoms with van der Waals surface area (Å²) >= 11 is 3.50. The monoisotopic (exact) mass is 351 g/mol. The minimum Gasteiger partial charge on any atom is -0.398 e. The van der Waals surface area contributed by atoms with Crippen LogP contribution in [0.25, 0.3) is 11.4 Å². The van der Waals surface area contributed by atoms with Crippen LogP contribution in [0.4, 0.5) is 5.69 Å². The standard InChI is InChI=1S/C15H22BrN5/c1-5-15(6-2,7-3)21-14(18-19-20-21)12-8-11(16)9-13(17)10(12)4/h8-9H,5-7,17H2,1-4H3. The summed E-state index contributed by atoms with van der Waals surface area (Å²) in [6.07, 6.45) is 2.96. The molecular formula is C15H22BrN5. The van der Waals surface area contributed by atoms with Gasteiger partial charge < -0.3 is 5.73 Å². The highest BCUT2D eigenvalue weighted by molar-refractivity contribution is 9.10. The fourth-order valence-corrected chi connectivity index (χ4v) is 3.28. The predicted octanol–water partition coefficient (Wildman–Crippen LogP) is 3.92. The van der Waals surface area contributed by atoms with E-state index in [1.54, 1.807) is 0 Å². The lowest BCUT2D eigenvalue weighted by Gasteiger charge is -2.31. The second-order valence-electron chi connectivity index (χ2n) is 5.37. The zero-order valence-corrected chi connectivity index (χ0v) is 14.6. The Labute approximate surface area is 134 Å². The molecule has 2 N–H and O–H groups in total. The first-order valence-electron chi connectivity index (χ1n) is 7.34.